The average molecular weight is 434 g/mol. The van der Waals surface area contributed by atoms with E-state index in [9.17, 15) is 13.2 Å². The summed E-state index contributed by atoms with van der Waals surface area (Å²) in [7, 11) is -0.331. The summed E-state index contributed by atoms with van der Waals surface area (Å²) in [5.41, 5.74) is 2.07. The minimum atomic E-state index is -3.55. The number of amides is 2. The van der Waals surface area contributed by atoms with Crippen LogP contribution in [0.3, 0.4) is 0 Å². The van der Waals surface area contributed by atoms with Gasteiger partial charge in [-0.2, -0.15) is 0 Å². The molecule has 3 rings (SSSR count). The van der Waals surface area contributed by atoms with Gasteiger partial charge in [0.15, 0.2) is 0 Å². The quantitative estimate of drug-likeness (QED) is 0.657. The van der Waals surface area contributed by atoms with Crippen LogP contribution in [0.25, 0.3) is 0 Å². The maximum atomic E-state index is 12.9. The third-order valence-corrected chi connectivity index (χ3v) is 5.56. The van der Waals surface area contributed by atoms with Gasteiger partial charge in [-0.3, -0.25) is 0 Å². The molecule has 0 aromatic heterocycles. The van der Waals surface area contributed by atoms with E-state index in [0.29, 0.717) is 6.54 Å². The number of carbonyl (C=O) groups is 1. The van der Waals surface area contributed by atoms with Crippen LogP contribution in [0.4, 0.5) is 4.79 Å². The Balaban J connectivity index is 1.73. The van der Waals surface area contributed by atoms with Gasteiger partial charge in [-0.1, -0.05) is 24.3 Å². The molecule has 162 valence electrons. The number of hydrazine groups is 1. The normalized spacial score (nSPS) is 16.8. The van der Waals surface area contributed by atoms with Gasteiger partial charge in [-0.15, -0.1) is 4.83 Å². The minimum Gasteiger partial charge on any atom is -0.497 e. The van der Waals surface area contributed by atoms with Crippen molar-refractivity contribution in [3.05, 3.63) is 59.7 Å². The molecule has 0 radical (unpaired) electrons. The van der Waals surface area contributed by atoms with Crippen molar-refractivity contribution in [1.82, 2.24) is 14.7 Å². The highest BCUT2D eigenvalue weighted by Gasteiger charge is 2.39. The molecule has 1 fully saturated rings. The zero-order valence-electron chi connectivity index (χ0n) is 17.4. The van der Waals surface area contributed by atoms with E-state index in [1.807, 2.05) is 48.5 Å². The molecule has 9 heteroatoms. The number of ether oxygens (including phenoxy) is 2. The molecular formula is C21H27N3O5S. The van der Waals surface area contributed by atoms with E-state index >= 15 is 0 Å². The van der Waals surface area contributed by atoms with Crippen molar-refractivity contribution < 1.29 is 22.7 Å². The van der Waals surface area contributed by atoms with Crippen molar-refractivity contribution in [2.75, 3.05) is 33.6 Å². The highest BCUT2D eigenvalue weighted by atomic mass is 32.2. The van der Waals surface area contributed by atoms with E-state index in [1.54, 1.807) is 19.1 Å². The summed E-state index contributed by atoms with van der Waals surface area (Å²) in [5, 5.41) is 1.16. The van der Waals surface area contributed by atoms with E-state index < -0.39 is 10.0 Å². The van der Waals surface area contributed by atoms with Crippen LogP contribution in [-0.4, -0.2) is 57.9 Å². The minimum absolute atomic E-state index is 0.237. The van der Waals surface area contributed by atoms with Crippen molar-refractivity contribution in [3.8, 4) is 11.5 Å². The van der Waals surface area contributed by atoms with Gasteiger partial charge in [-0.25, -0.2) is 18.2 Å². The summed E-state index contributed by atoms with van der Waals surface area (Å²) in [6.07, 6.45) is 2.58. The molecule has 0 unspecified atom stereocenters. The molecule has 2 amide bonds. The Labute approximate surface area is 177 Å². The summed E-state index contributed by atoms with van der Waals surface area (Å²) >= 11 is 0. The van der Waals surface area contributed by atoms with E-state index in [0.717, 1.165) is 46.7 Å². The van der Waals surface area contributed by atoms with Crippen molar-refractivity contribution >= 4 is 16.1 Å². The molecule has 0 aliphatic carbocycles. The largest absolute Gasteiger partial charge is 0.497 e. The van der Waals surface area contributed by atoms with E-state index in [2.05, 4.69) is 4.83 Å². The molecule has 1 N–H and O–H groups in total. The highest BCUT2D eigenvalue weighted by molar-refractivity contribution is 7.88. The number of methoxy groups -OCH3 is 2. The van der Waals surface area contributed by atoms with Crippen LogP contribution >= 0.6 is 0 Å². The lowest BCUT2D eigenvalue weighted by atomic mass is 10.1. The SMILES string of the molecule is COc1ccc(CCCN2C(=O)N(NS(C)(=O)=O)C[C@H]2c2ccc(OC)cc2)cc1. The Hall–Kier alpha value is -2.78. The number of aryl methyl sites for hydroxylation is 1. The van der Waals surface area contributed by atoms with E-state index in [1.165, 1.54) is 0 Å². The summed E-state index contributed by atoms with van der Waals surface area (Å²) in [6, 6.07) is 14.7. The van der Waals surface area contributed by atoms with Crippen LogP contribution in [0.5, 0.6) is 11.5 Å². The first kappa shape index (κ1) is 21.9. The summed E-state index contributed by atoms with van der Waals surface area (Å²) in [4.78, 5) is 16.9. The number of nitrogens with zero attached hydrogens (tertiary/aromatic N) is 2. The number of hydrogen-bond acceptors (Lipinski definition) is 5. The van der Waals surface area contributed by atoms with Crippen molar-refractivity contribution in [2.45, 2.75) is 18.9 Å². The Morgan fingerprint density at radius 2 is 1.57 bits per heavy atom. The second kappa shape index (κ2) is 9.36. The second-order valence-corrected chi connectivity index (χ2v) is 8.92. The maximum absolute atomic E-state index is 12.9. The van der Waals surface area contributed by atoms with E-state index in [-0.39, 0.29) is 18.6 Å². The molecule has 0 spiro atoms. The zero-order chi connectivity index (χ0) is 21.7. The average Bonchev–Trinajstić information content (AvgIpc) is 3.02. The number of nitrogens with one attached hydrogen (secondary N) is 1. The predicted octanol–water partition coefficient (Wildman–Crippen LogP) is 2.58. The fraction of sp³-hybridized carbons (Fsp3) is 0.381. The lowest BCUT2D eigenvalue weighted by Gasteiger charge is -2.23. The molecule has 0 saturated carbocycles. The third kappa shape index (κ3) is 5.43. The third-order valence-electron chi connectivity index (χ3n) is 5.01. The van der Waals surface area contributed by atoms with E-state index in [4.69, 9.17) is 9.47 Å². The Morgan fingerprint density at radius 3 is 2.10 bits per heavy atom. The molecule has 1 saturated heterocycles. The number of hydrogen-bond donors (Lipinski definition) is 1. The van der Waals surface area contributed by atoms with Gasteiger partial charge in [0.1, 0.15) is 11.5 Å². The van der Waals surface area contributed by atoms with Crippen LogP contribution in [0.2, 0.25) is 0 Å². The van der Waals surface area contributed by atoms with Gasteiger partial charge in [0.25, 0.3) is 0 Å². The molecular weight excluding hydrogens is 406 g/mol. The highest BCUT2D eigenvalue weighted by Crippen LogP contribution is 2.30. The first-order valence-electron chi connectivity index (χ1n) is 9.63. The van der Waals surface area contributed by atoms with Crippen LogP contribution in [0.1, 0.15) is 23.6 Å². The van der Waals surface area contributed by atoms with Gasteiger partial charge in [0.05, 0.1) is 33.1 Å². The van der Waals surface area contributed by atoms with Gasteiger partial charge in [-0.05, 0) is 48.2 Å². The molecule has 1 aliphatic heterocycles. The van der Waals surface area contributed by atoms with Gasteiger partial charge < -0.3 is 14.4 Å². The fourth-order valence-corrected chi connectivity index (χ4v) is 4.08. The number of rotatable bonds is 9. The van der Waals surface area contributed by atoms with Crippen LogP contribution in [0, 0.1) is 0 Å². The molecule has 30 heavy (non-hydrogen) atoms. The van der Waals surface area contributed by atoms with Gasteiger partial charge in [0.2, 0.25) is 10.0 Å². The Kier molecular flexibility index (Phi) is 6.84. The number of carbonyl (C=O) groups excluding carboxylic acids is 1. The van der Waals surface area contributed by atoms with Crippen molar-refractivity contribution in [2.24, 2.45) is 0 Å². The Bertz CT molecular complexity index is 961. The lowest BCUT2D eigenvalue weighted by Crippen LogP contribution is -2.44. The van der Waals surface area contributed by atoms with Crippen LogP contribution in [-0.2, 0) is 16.4 Å². The van der Waals surface area contributed by atoms with Crippen LogP contribution in [0.15, 0.2) is 48.5 Å². The molecule has 2 aromatic carbocycles. The van der Waals surface area contributed by atoms with Crippen molar-refractivity contribution in [1.29, 1.82) is 0 Å². The first-order chi connectivity index (χ1) is 14.3. The predicted molar refractivity (Wildman–Crippen MR) is 114 cm³/mol. The monoisotopic (exact) mass is 433 g/mol. The van der Waals surface area contributed by atoms with Gasteiger partial charge in [0, 0.05) is 6.54 Å². The molecule has 1 atom stereocenters. The molecule has 1 heterocycles. The maximum Gasteiger partial charge on any atom is 0.335 e. The van der Waals surface area contributed by atoms with Crippen LogP contribution < -0.4 is 14.3 Å². The molecule has 1 aliphatic rings. The summed E-state index contributed by atoms with van der Waals surface area (Å²) in [5.74, 6) is 1.52. The standard InChI is InChI=1S/C21H27N3O5S/c1-28-18-10-6-16(7-11-18)5-4-14-23-20(17-8-12-19(29-2)13-9-17)15-24(21(23)25)22-30(3,26)27/h6-13,20,22H,4-5,14-15H2,1-3H3/t20-/m0/s1. The molecule has 8 nitrogen and oxygen atoms in total. The molecule has 2 aromatic rings. The topological polar surface area (TPSA) is 88.2 Å². The summed E-state index contributed by atoms with van der Waals surface area (Å²) in [6.45, 7) is 0.740. The summed E-state index contributed by atoms with van der Waals surface area (Å²) < 4.78 is 33.7. The number of benzene rings is 2. The zero-order valence-corrected chi connectivity index (χ0v) is 18.2. The lowest BCUT2D eigenvalue weighted by molar-refractivity contribution is 0.181. The first-order valence-corrected chi connectivity index (χ1v) is 11.5. The van der Waals surface area contributed by atoms with Gasteiger partial charge >= 0.3 is 6.03 Å². The number of urea groups is 1. The second-order valence-electron chi connectivity index (χ2n) is 7.19. The Morgan fingerprint density at radius 1 is 1.00 bits per heavy atom. The molecule has 0 bridgehead atoms. The number of sulfonamides is 1. The smallest absolute Gasteiger partial charge is 0.335 e. The van der Waals surface area contributed by atoms with Crippen molar-refractivity contribution in [3.63, 3.8) is 0 Å². The fourth-order valence-electron chi connectivity index (χ4n) is 3.52.